The Bertz CT molecular complexity index is 522. The van der Waals surface area contributed by atoms with Crippen molar-refractivity contribution >= 4 is 5.97 Å². The van der Waals surface area contributed by atoms with E-state index in [-0.39, 0.29) is 11.7 Å². The van der Waals surface area contributed by atoms with Gasteiger partial charge in [-0.2, -0.15) is 0 Å². The van der Waals surface area contributed by atoms with E-state index in [9.17, 15) is 4.79 Å². The summed E-state index contributed by atoms with van der Waals surface area (Å²) in [4.78, 5) is 10.6. The first-order valence-corrected chi connectivity index (χ1v) is 5.64. The van der Waals surface area contributed by atoms with Crippen LogP contribution in [-0.2, 0) is 6.54 Å². The SMILES string of the molecule is CC(NCc1cc(C(=O)O)no1)c1ccccc1. The summed E-state index contributed by atoms with van der Waals surface area (Å²) >= 11 is 0. The van der Waals surface area contributed by atoms with Gasteiger partial charge in [0, 0.05) is 12.1 Å². The van der Waals surface area contributed by atoms with Crippen LogP contribution in [0.25, 0.3) is 0 Å². The molecule has 0 radical (unpaired) electrons. The normalized spacial score (nSPS) is 12.3. The monoisotopic (exact) mass is 246 g/mol. The second-order valence-corrected chi connectivity index (χ2v) is 4.00. The third-order valence-electron chi connectivity index (χ3n) is 2.66. The molecule has 0 aliphatic carbocycles. The fourth-order valence-electron chi connectivity index (χ4n) is 1.61. The molecular weight excluding hydrogens is 232 g/mol. The maximum absolute atomic E-state index is 10.6. The number of rotatable bonds is 5. The lowest BCUT2D eigenvalue weighted by Gasteiger charge is -2.12. The van der Waals surface area contributed by atoms with Gasteiger partial charge in [-0.1, -0.05) is 35.5 Å². The van der Waals surface area contributed by atoms with Crippen LogP contribution in [0.1, 0.15) is 34.8 Å². The quantitative estimate of drug-likeness (QED) is 0.846. The molecule has 1 aromatic carbocycles. The Morgan fingerprint density at radius 1 is 1.44 bits per heavy atom. The van der Waals surface area contributed by atoms with E-state index in [2.05, 4.69) is 10.5 Å². The minimum Gasteiger partial charge on any atom is -0.476 e. The summed E-state index contributed by atoms with van der Waals surface area (Å²) in [5, 5.41) is 15.4. The van der Waals surface area contributed by atoms with Crippen LogP contribution in [0, 0.1) is 0 Å². The number of nitrogens with zero attached hydrogens (tertiary/aromatic N) is 1. The van der Waals surface area contributed by atoms with E-state index in [1.54, 1.807) is 0 Å². The lowest BCUT2D eigenvalue weighted by molar-refractivity contribution is 0.0685. The van der Waals surface area contributed by atoms with Crippen molar-refractivity contribution in [3.05, 3.63) is 53.4 Å². The third kappa shape index (κ3) is 2.95. The average molecular weight is 246 g/mol. The van der Waals surface area contributed by atoms with Crippen molar-refractivity contribution in [3.63, 3.8) is 0 Å². The predicted octanol–water partition coefficient (Wildman–Crippen LogP) is 2.22. The highest BCUT2D eigenvalue weighted by Gasteiger charge is 2.11. The summed E-state index contributed by atoms with van der Waals surface area (Å²) in [6.07, 6.45) is 0. The van der Waals surface area contributed by atoms with E-state index < -0.39 is 5.97 Å². The van der Waals surface area contributed by atoms with Gasteiger partial charge in [0.1, 0.15) is 0 Å². The molecule has 5 heteroatoms. The van der Waals surface area contributed by atoms with Gasteiger partial charge in [-0.15, -0.1) is 0 Å². The van der Waals surface area contributed by atoms with Crippen LogP contribution < -0.4 is 5.32 Å². The largest absolute Gasteiger partial charge is 0.476 e. The molecular formula is C13H14N2O3. The maximum atomic E-state index is 10.6. The van der Waals surface area contributed by atoms with Gasteiger partial charge in [-0.25, -0.2) is 4.79 Å². The fourth-order valence-corrected chi connectivity index (χ4v) is 1.61. The first-order chi connectivity index (χ1) is 8.66. The van der Waals surface area contributed by atoms with Crippen LogP contribution >= 0.6 is 0 Å². The highest BCUT2D eigenvalue weighted by Crippen LogP contribution is 2.12. The molecule has 2 rings (SSSR count). The number of benzene rings is 1. The minimum absolute atomic E-state index is 0.0702. The Morgan fingerprint density at radius 3 is 2.78 bits per heavy atom. The zero-order valence-electron chi connectivity index (χ0n) is 9.96. The topological polar surface area (TPSA) is 75.4 Å². The molecule has 5 nitrogen and oxygen atoms in total. The van der Waals surface area contributed by atoms with Crippen molar-refractivity contribution < 1.29 is 14.4 Å². The van der Waals surface area contributed by atoms with Crippen LogP contribution in [0.2, 0.25) is 0 Å². The van der Waals surface area contributed by atoms with Gasteiger partial charge in [-0.05, 0) is 12.5 Å². The van der Waals surface area contributed by atoms with Gasteiger partial charge in [-0.3, -0.25) is 0 Å². The number of nitrogens with one attached hydrogen (secondary N) is 1. The Hall–Kier alpha value is -2.14. The average Bonchev–Trinajstić information content (AvgIpc) is 2.86. The Kier molecular flexibility index (Phi) is 3.74. The van der Waals surface area contributed by atoms with E-state index in [0.717, 1.165) is 5.56 Å². The van der Waals surface area contributed by atoms with Crippen LogP contribution in [-0.4, -0.2) is 16.2 Å². The molecule has 0 aliphatic rings. The van der Waals surface area contributed by atoms with Crippen molar-refractivity contribution in [1.82, 2.24) is 10.5 Å². The maximum Gasteiger partial charge on any atom is 0.358 e. The van der Waals surface area contributed by atoms with Crippen molar-refractivity contribution in [2.75, 3.05) is 0 Å². The molecule has 1 aromatic heterocycles. The lowest BCUT2D eigenvalue weighted by atomic mass is 10.1. The number of carbonyl (C=O) groups is 1. The van der Waals surface area contributed by atoms with E-state index in [4.69, 9.17) is 9.63 Å². The molecule has 94 valence electrons. The first-order valence-electron chi connectivity index (χ1n) is 5.64. The van der Waals surface area contributed by atoms with Crippen molar-refractivity contribution in [1.29, 1.82) is 0 Å². The van der Waals surface area contributed by atoms with Gasteiger partial charge in [0.05, 0.1) is 6.54 Å². The van der Waals surface area contributed by atoms with Gasteiger partial charge in [0.25, 0.3) is 0 Å². The van der Waals surface area contributed by atoms with E-state index in [1.165, 1.54) is 6.07 Å². The van der Waals surface area contributed by atoms with Gasteiger partial charge < -0.3 is 14.9 Å². The first kappa shape index (κ1) is 12.3. The third-order valence-corrected chi connectivity index (χ3v) is 2.66. The van der Waals surface area contributed by atoms with E-state index in [1.807, 2.05) is 37.3 Å². The standard InChI is InChI=1S/C13H14N2O3/c1-9(10-5-3-2-4-6-10)14-8-11-7-12(13(16)17)15-18-11/h2-7,9,14H,8H2,1H3,(H,16,17). The Labute approximate surface area is 104 Å². The van der Waals surface area contributed by atoms with Gasteiger partial charge in [0.2, 0.25) is 0 Å². The number of carboxylic acid groups (broad SMARTS) is 1. The molecule has 0 bridgehead atoms. The zero-order valence-corrected chi connectivity index (χ0v) is 9.96. The smallest absolute Gasteiger partial charge is 0.358 e. The van der Waals surface area contributed by atoms with Crippen LogP contribution in [0.4, 0.5) is 0 Å². The zero-order chi connectivity index (χ0) is 13.0. The van der Waals surface area contributed by atoms with Gasteiger partial charge in [0.15, 0.2) is 11.5 Å². The predicted molar refractivity (Wildman–Crippen MR) is 65.2 cm³/mol. The molecule has 1 unspecified atom stereocenters. The second kappa shape index (κ2) is 5.46. The fraction of sp³-hybridized carbons (Fsp3) is 0.231. The van der Waals surface area contributed by atoms with E-state index >= 15 is 0 Å². The molecule has 1 heterocycles. The minimum atomic E-state index is -1.08. The highest BCUT2D eigenvalue weighted by atomic mass is 16.5. The summed E-state index contributed by atoms with van der Waals surface area (Å²) in [5.41, 5.74) is 1.09. The second-order valence-electron chi connectivity index (χ2n) is 4.00. The molecule has 1 atom stereocenters. The van der Waals surface area contributed by atoms with Crippen LogP contribution in [0.5, 0.6) is 0 Å². The molecule has 0 fully saturated rings. The van der Waals surface area contributed by atoms with Crippen molar-refractivity contribution in [3.8, 4) is 0 Å². The molecule has 18 heavy (non-hydrogen) atoms. The lowest BCUT2D eigenvalue weighted by Crippen LogP contribution is -2.17. The number of hydrogen-bond acceptors (Lipinski definition) is 4. The number of carboxylic acids is 1. The molecule has 0 amide bonds. The molecule has 0 aliphatic heterocycles. The highest BCUT2D eigenvalue weighted by molar-refractivity contribution is 5.85. The van der Waals surface area contributed by atoms with Crippen LogP contribution in [0.15, 0.2) is 40.9 Å². The number of aromatic nitrogens is 1. The molecule has 0 spiro atoms. The summed E-state index contributed by atoms with van der Waals surface area (Å²) in [5.74, 6) is -0.573. The summed E-state index contributed by atoms with van der Waals surface area (Å²) in [6.45, 7) is 2.47. The molecule has 0 saturated heterocycles. The number of aromatic carboxylic acids is 1. The molecule has 2 aromatic rings. The number of hydrogen-bond donors (Lipinski definition) is 2. The van der Waals surface area contributed by atoms with Crippen molar-refractivity contribution in [2.45, 2.75) is 19.5 Å². The Balaban J connectivity index is 1.93. The van der Waals surface area contributed by atoms with Crippen LogP contribution in [0.3, 0.4) is 0 Å². The summed E-state index contributed by atoms with van der Waals surface area (Å²) < 4.78 is 4.92. The summed E-state index contributed by atoms with van der Waals surface area (Å²) in [7, 11) is 0. The van der Waals surface area contributed by atoms with Crippen molar-refractivity contribution in [2.24, 2.45) is 0 Å². The van der Waals surface area contributed by atoms with Gasteiger partial charge >= 0.3 is 5.97 Å². The molecule has 2 N–H and O–H groups in total. The summed E-state index contributed by atoms with van der Waals surface area (Å²) in [6, 6.07) is 11.6. The molecule has 0 saturated carbocycles. The Morgan fingerprint density at radius 2 is 2.17 bits per heavy atom. The van der Waals surface area contributed by atoms with E-state index in [0.29, 0.717) is 12.3 Å².